The molecule has 1 aromatic rings. The molecule has 2 aliphatic rings. The molecule has 102 valence electrons. The molecule has 5 heteroatoms. The fourth-order valence-corrected chi connectivity index (χ4v) is 3.76. The zero-order chi connectivity index (χ0) is 13.6. The van der Waals surface area contributed by atoms with E-state index in [0.29, 0.717) is 5.92 Å². The fourth-order valence-electron chi connectivity index (χ4n) is 2.65. The van der Waals surface area contributed by atoms with Gasteiger partial charge in [0.25, 0.3) is 0 Å². The van der Waals surface area contributed by atoms with Crippen LogP contribution in [0.4, 0.5) is 0 Å². The van der Waals surface area contributed by atoms with Crippen LogP contribution in [0, 0.1) is 12.8 Å². The van der Waals surface area contributed by atoms with Crippen molar-refractivity contribution in [2.24, 2.45) is 5.92 Å². The van der Waals surface area contributed by atoms with E-state index in [4.69, 9.17) is 5.11 Å². The third-order valence-electron chi connectivity index (χ3n) is 3.92. The van der Waals surface area contributed by atoms with Gasteiger partial charge in [0, 0.05) is 22.8 Å². The Labute approximate surface area is 116 Å². The molecule has 0 saturated heterocycles. The number of nitrogens with zero attached hydrogens (tertiary/aromatic N) is 1. The van der Waals surface area contributed by atoms with E-state index in [-0.39, 0.29) is 24.4 Å². The lowest BCUT2D eigenvalue weighted by Gasteiger charge is -2.20. The summed E-state index contributed by atoms with van der Waals surface area (Å²) in [5.74, 6) is -0.535. The number of aliphatic carboxylic acids is 1. The van der Waals surface area contributed by atoms with Gasteiger partial charge in [-0.05, 0) is 43.2 Å². The van der Waals surface area contributed by atoms with Crippen molar-refractivity contribution in [1.29, 1.82) is 0 Å². The van der Waals surface area contributed by atoms with Crippen LogP contribution in [-0.2, 0) is 9.59 Å². The monoisotopic (exact) mass is 279 g/mol. The largest absolute Gasteiger partial charge is 0.480 e. The van der Waals surface area contributed by atoms with Crippen LogP contribution in [0.5, 0.6) is 0 Å². The average Bonchev–Trinajstić information content (AvgIpc) is 3.25. The molecule has 1 amide bonds. The summed E-state index contributed by atoms with van der Waals surface area (Å²) in [5.41, 5.74) is 1.25. The number of amides is 1. The van der Waals surface area contributed by atoms with Crippen molar-refractivity contribution in [3.8, 4) is 0 Å². The minimum absolute atomic E-state index is 0.0114. The zero-order valence-corrected chi connectivity index (χ0v) is 11.7. The molecular weight excluding hydrogens is 262 g/mol. The summed E-state index contributed by atoms with van der Waals surface area (Å²) in [5, 5.41) is 11.0. The molecule has 0 spiro atoms. The van der Waals surface area contributed by atoms with E-state index in [1.54, 1.807) is 16.2 Å². The molecule has 0 unspecified atom stereocenters. The lowest BCUT2D eigenvalue weighted by Crippen LogP contribution is -2.38. The van der Waals surface area contributed by atoms with Crippen LogP contribution in [0.1, 0.15) is 35.6 Å². The SMILES string of the molecule is Cc1ccsc1[C@@H]1C[C@@H]1C(=O)N(CC(=O)O)C1CC1. The number of carbonyl (C=O) groups excluding carboxylic acids is 1. The van der Waals surface area contributed by atoms with Crippen LogP contribution >= 0.6 is 11.3 Å². The van der Waals surface area contributed by atoms with Crippen LogP contribution in [0.2, 0.25) is 0 Å². The van der Waals surface area contributed by atoms with E-state index < -0.39 is 5.97 Å². The first-order valence-corrected chi connectivity index (χ1v) is 7.52. The van der Waals surface area contributed by atoms with Crippen molar-refractivity contribution in [2.75, 3.05) is 6.54 Å². The summed E-state index contributed by atoms with van der Waals surface area (Å²) in [7, 11) is 0. The van der Waals surface area contributed by atoms with E-state index in [0.717, 1.165) is 19.3 Å². The van der Waals surface area contributed by atoms with Crippen molar-refractivity contribution in [2.45, 2.75) is 38.1 Å². The highest BCUT2D eigenvalue weighted by molar-refractivity contribution is 7.10. The molecule has 2 aliphatic carbocycles. The fraction of sp³-hybridized carbons (Fsp3) is 0.571. The third-order valence-corrected chi connectivity index (χ3v) is 5.07. The van der Waals surface area contributed by atoms with Crippen molar-refractivity contribution in [1.82, 2.24) is 4.90 Å². The predicted octanol–water partition coefficient (Wildman–Crippen LogP) is 2.24. The van der Waals surface area contributed by atoms with Crippen LogP contribution in [0.15, 0.2) is 11.4 Å². The molecule has 19 heavy (non-hydrogen) atoms. The minimum Gasteiger partial charge on any atom is -0.480 e. The first kappa shape index (κ1) is 12.7. The van der Waals surface area contributed by atoms with E-state index in [2.05, 4.69) is 18.4 Å². The number of rotatable bonds is 5. The Morgan fingerprint density at radius 1 is 1.47 bits per heavy atom. The lowest BCUT2D eigenvalue weighted by molar-refractivity contribution is -0.145. The van der Waals surface area contributed by atoms with Crippen molar-refractivity contribution in [3.63, 3.8) is 0 Å². The molecule has 1 aromatic heterocycles. The Balaban J connectivity index is 1.68. The summed E-state index contributed by atoms with van der Waals surface area (Å²) < 4.78 is 0. The molecule has 0 radical (unpaired) electrons. The molecular formula is C14H17NO3S. The summed E-state index contributed by atoms with van der Waals surface area (Å²) in [6.07, 6.45) is 2.78. The van der Waals surface area contributed by atoms with Gasteiger partial charge in [0.05, 0.1) is 0 Å². The second-order valence-corrected chi connectivity index (χ2v) is 6.46. The summed E-state index contributed by atoms with van der Waals surface area (Å²) in [4.78, 5) is 26.1. The van der Waals surface area contributed by atoms with Crippen LogP contribution in [0.3, 0.4) is 0 Å². The molecule has 3 rings (SSSR count). The van der Waals surface area contributed by atoms with Gasteiger partial charge >= 0.3 is 5.97 Å². The zero-order valence-electron chi connectivity index (χ0n) is 10.8. The molecule has 0 bridgehead atoms. The number of thiophene rings is 1. The maximum Gasteiger partial charge on any atom is 0.323 e. The molecule has 2 atom stereocenters. The van der Waals surface area contributed by atoms with Crippen LogP contribution in [-0.4, -0.2) is 34.5 Å². The van der Waals surface area contributed by atoms with Gasteiger partial charge in [0.15, 0.2) is 0 Å². The highest BCUT2D eigenvalue weighted by Gasteiger charge is 2.49. The molecule has 1 heterocycles. The highest BCUT2D eigenvalue weighted by Crippen LogP contribution is 2.51. The van der Waals surface area contributed by atoms with Gasteiger partial charge in [0.2, 0.25) is 5.91 Å². The van der Waals surface area contributed by atoms with Gasteiger partial charge in [-0.3, -0.25) is 9.59 Å². The number of carbonyl (C=O) groups is 2. The van der Waals surface area contributed by atoms with Crippen molar-refractivity contribution >= 4 is 23.2 Å². The summed E-state index contributed by atoms with van der Waals surface area (Å²) >= 11 is 1.70. The maximum absolute atomic E-state index is 12.4. The molecule has 0 aliphatic heterocycles. The molecule has 2 fully saturated rings. The first-order chi connectivity index (χ1) is 9.08. The summed E-state index contributed by atoms with van der Waals surface area (Å²) in [6.45, 7) is 1.93. The first-order valence-electron chi connectivity index (χ1n) is 6.64. The number of hydrogen-bond donors (Lipinski definition) is 1. The number of aryl methyl sites for hydroxylation is 1. The number of carboxylic acid groups (broad SMARTS) is 1. The van der Waals surface area contributed by atoms with Crippen molar-refractivity contribution in [3.05, 3.63) is 21.9 Å². The van der Waals surface area contributed by atoms with E-state index >= 15 is 0 Å². The Kier molecular flexibility index (Phi) is 3.09. The summed E-state index contributed by atoms with van der Waals surface area (Å²) in [6, 6.07) is 2.25. The smallest absolute Gasteiger partial charge is 0.323 e. The normalized spacial score (nSPS) is 25.1. The maximum atomic E-state index is 12.4. The molecule has 1 N–H and O–H groups in total. The second kappa shape index (κ2) is 4.63. The van der Waals surface area contributed by atoms with E-state index in [1.807, 2.05) is 0 Å². The topological polar surface area (TPSA) is 57.6 Å². The van der Waals surface area contributed by atoms with Crippen molar-refractivity contribution < 1.29 is 14.7 Å². The lowest BCUT2D eigenvalue weighted by atomic mass is 10.2. The molecule has 2 saturated carbocycles. The Morgan fingerprint density at radius 3 is 2.74 bits per heavy atom. The van der Waals surface area contributed by atoms with Gasteiger partial charge < -0.3 is 10.0 Å². The van der Waals surface area contributed by atoms with E-state index in [1.165, 1.54) is 10.4 Å². The van der Waals surface area contributed by atoms with Gasteiger partial charge in [-0.25, -0.2) is 0 Å². The third kappa shape index (κ3) is 2.52. The average molecular weight is 279 g/mol. The quantitative estimate of drug-likeness (QED) is 0.899. The van der Waals surface area contributed by atoms with Gasteiger partial charge in [-0.1, -0.05) is 0 Å². The van der Waals surface area contributed by atoms with Gasteiger partial charge in [0.1, 0.15) is 6.54 Å². The number of carboxylic acids is 1. The minimum atomic E-state index is -0.912. The Hall–Kier alpha value is -1.36. The Bertz CT molecular complexity index is 521. The number of hydrogen-bond acceptors (Lipinski definition) is 3. The standard InChI is InChI=1S/C14H17NO3S/c1-8-4-5-19-13(8)10-6-11(10)14(18)15(7-12(16)17)9-2-3-9/h4-5,9-11H,2-3,6-7H2,1H3,(H,16,17)/t10-,11+/m1/s1. The van der Waals surface area contributed by atoms with Gasteiger partial charge in [-0.15, -0.1) is 11.3 Å². The molecule has 4 nitrogen and oxygen atoms in total. The highest BCUT2D eigenvalue weighted by atomic mass is 32.1. The van der Waals surface area contributed by atoms with E-state index in [9.17, 15) is 9.59 Å². The molecule has 0 aromatic carbocycles. The van der Waals surface area contributed by atoms with Crippen LogP contribution in [0.25, 0.3) is 0 Å². The van der Waals surface area contributed by atoms with Gasteiger partial charge in [-0.2, -0.15) is 0 Å². The second-order valence-electron chi connectivity index (χ2n) is 5.51. The predicted molar refractivity (Wildman–Crippen MR) is 72.3 cm³/mol. The Morgan fingerprint density at radius 2 is 2.21 bits per heavy atom. The van der Waals surface area contributed by atoms with Crippen LogP contribution < -0.4 is 0 Å².